The van der Waals surface area contributed by atoms with E-state index in [1.807, 2.05) is 13.1 Å². The first kappa shape index (κ1) is 15.9. The molecule has 21 heavy (non-hydrogen) atoms. The molecule has 1 aromatic heterocycles. The van der Waals surface area contributed by atoms with Gasteiger partial charge in [-0.3, -0.25) is 0 Å². The van der Waals surface area contributed by atoms with Crippen molar-refractivity contribution in [1.82, 2.24) is 14.9 Å². The lowest BCUT2D eigenvalue weighted by molar-refractivity contribution is 0.386. The second-order valence-electron chi connectivity index (χ2n) is 5.85. The van der Waals surface area contributed by atoms with Gasteiger partial charge in [-0.05, 0) is 36.3 Å². The van der Waals surface area contributed by atoms with E-state index in [0.29, 0.717) is 0 Å². The summed E-state index contributed by atoms with van der Waals surface area (Å²) in [5, 5.41) is 7.47. The first-order chi connectivity index (χ1) is 9.88. The van der Waals surface area contributed by atoms with Crippen LogP contribution in [0.2, 0.25) is 0 Å². The fourth-order valence-corrected chi connectivity index (χ4v) is 3.22. The van der Waals surface area contributed by atoms with Gasteiger partial charge >= 0.3 is 0 Å². The number of nitrogens with one attached hydrogen (secondary N) is 1. The molecule has 0 aliphatic heterocycles. The second-order valence-corrected chi connectivity index (χ2v) is 6.64. The zero-order chi connectivity index (χ0) is 15.6. The third-order valence-corrected chi connectivity index (χ3v) is 4.07. The minimum atomic E-state index is -0.370. The Morgan fingerprint density at radius 1 is 1.33 bits per heavy atom. The van der Waals surface area contributed by atoms with E-state index in [4.69, 9.17) is 4.74 Å². The summed E-state index contributed by atoms with van der Waals surface area (Å²) in [4.78, 5) is 1.01. The molecule has 0 amide bonds. The molecule has 1 unspecified atom stereocenters. The minimum absolute atomic E-state index is 0.109. The van der Waals surface area contributed by atoms with Crippen LogP contribution in [-0.4, -0.2) is 23.7 Å². The van der Waals surface area contributed by atoms with Crippen molar-refractivity contribution in [2.45, 2.75) is 32.2 Å². The van der Waals surface area contributed by atoms with Gasteiger partial charge < -0.3 is 10.1 Å². The Bertz CT molecular complexity index is 622. The van der Waals surface area contributed by atoms with E-state index in [1.54, 1.807) is 6.07 Å². The Kier molecular flexibility index (Phi) is 4.58. The number of benzene rings is 1. The molecule has 0 fully saturated rings. The van der Waals surface area contributed by atoms with Crippen LogP contribution in [0.15, 0.2) is 18.2 Å². The van der Waals surface area contributed by atoms with Gasteiger partial charge in [0.15, 0.2) is 11.6 Å². The van der Waals surface area contributed by atoms with E-state index in [0.717, 1.165) is 16.1 Å². The van der Waals surface area contributed by atoms with Crippen molar-refractivity contribution in [2.75, 3.05) is 14.2 Å². The SMILES string of the molecule is CNC(c1ccc(OC)c(F)c1)c1snnc1C(C)(C)C. The number of ether oxygens (including phenoxy) is 1. The number of hydrogen-bond acceptors (Lipinski definition) is 5. The lowest BCUT2D eigenvalue weighted by Gasteiger charge is -2.22. The quantitative estimate of drug-likeness (QED) is 0.941. The van der Waals surface area contributed by atoms with Crippen LogP contribution in [0.3, 0.4) is 0 Å². The maximum absolute atomic E-state index is 13.9. The molecule has 0 bridgehead atoms. The Balaban J connectivity index is 2.46. The van der Waals surface area contributed by atoms with E-state index >= 15 is 0 Å². The predicted octanol–water partition coefficient (Wildman–Crippen LogP) is 3.29. The summed E-state index contributed by atoms with van der Waals surface area (Å²) in [6.07, 6.45) is 0. The van der Waals surface area contributed by atoms with Gasteiger partial charge in [0.2, 0.25) is 0 Å². The highest BCUT2D eigenvalue weighted by molar-refractivity contribution is 7.05. The van der Waals surface area contributed by atoms with Crippen LogP contribution >= 0.6 is 11.5 Å². The molecule has 1 aromatic carbocycles. The molecule has 1 atom stereocenters. The van der Waals surface area contributed by atoms with Gasteiger partial charge in [0.1, 0.15) is 0 Å². The second kappa shape index (κ2) is 6.07. The highest BCUT2D eigenvalue weighted by atomic mass is 32.1. The van der Waals surface area contributed by atoms with Crippen molar-refractivity contribution in [2.24, 2.45) is 0 Å². The summed E-state index contributed by atoms with van der Waals surface area (Å²) in [7, 11) is 3.30. The largest absolute Gasteiger partial charge is 0.494 e. The molecule has 2 aromatic rings. The van der Waals surface area contributed by atoms with Gasteiger partial charge in [0, 0.05) is 5.41 Å². The maximum Gasteiger partial charge on any atom is 0.165 e. The summed E-state index contributed by atoms with van der Waals surface area (Å²) in [6.45, 7) is 6.28. The molecule has 0 radical (unpaired) electrons. The molecule has 4 nitrogen and oxygen atoms in total. The Morgan fingerprint density at radius 3 is 2.57 bits per heavy atom. The van der Waals surface area contributed by atoms with Gasteiger partial charge in [-0.15, -0.1) is 5.10 Å². The van der Waals surface area contributed by atoms with Crippen molar-refractivity contribution in [3.05, 3.63) is 40.2 Å². The Hall–Kier alpha value is -1.53. The molecule has 1 N–H and O–H groups in total. The first-order valence-corrected chi connectivity index (χ1v) is 7.49. The van der Waals surface area contributed by atoms with Gasteiger partial charge in [-0.1, -0.05) is 31.3 Å². The molecule has 6 heteroatoms. The lowest BCUT2D eigenvalue weighted by atomic mass is 9.89. The molecule has 0 spiro atoms. The number of nitrogens with zero attached hydrogens (tertiary/aromatic N) is 2. The fraction of sp³-hybridized carbons (Fsp3) is 0.467. The summed E-state index contributed by atoms with van der Waals surface area (Å²) < 4.78 is 23.0. The fourth-order valence-electron chi connectivity index (χ4n) is 2.22. The van der Waals surface area contributed by atoms with Gasteiger partial charge in [-0.2, -0.15) is 0 Å². The van der Waals surface area contributed by atoms with E-state index in [1.165, 1.54) is 24.7 Å². The highest BCUT2D eigenvalue weighted by Crippen LogP contribution is 2.34. The molecule has 0 saturated carbocycles. The van der Waals surface area contributed by atoms with E-state index in [2.05, 4.69) is 35.7 Å². The number of rotatable bonds is 4. The van der Waals surface area contributed by atoms with Crippen LogP contribution in [0.25, 0.3) is 0 Å². The molecule has 2 rings (SSSR count). The molecular weight excluding hydrogens is 289 g/mol. The van der Waals surface area contributed by atoms with Crippen molar-refractivity contribution in [1.29, 1.82) is 0 Å². The summed E-state index contributed by atoms with van der Waals surface area (Å²) in [6, 6.07) is 4.85. The van der Waals surface area contributed by atoms with Crippen LogP contribution in [-0.2, 0) is 5.41 Å². The normalized spacial score (nSPS) is 13.2. The Labute approximate surface area is 128 Å². The topological polar surface area (TPSA) is 47.0 Å². The lowest BCUT2D eigenvalue weighted by Crippen LogP contribution is -2.22. The van der Waals surface area contributed by atoms with Crippen LogP contribution in [0.4, 0.5) is 4.39 Å². The summed E-state index contributed by atoms with van der Waals surface area (Å²) in [5.74, 6) is -0.128. The predicted molar refractivity (Wildman–Crippen MR) is 82.5 cm³/mol. The van der Waals surface area contributed by atoms with Gasteiger partial charge in [-0.25, -0.2) is 4.39 Å². The van der Waals surface area contributed by atoms with Crippen molar-refractivity contribution in [3.63, 3.8) is 0 Å². The summed E-state index contributed by atoms with van der Waals surface area (Å²) in [5.41, 5.74) is 1.65. The van der Waals surface area contributed by atoms with Crippen LogP contribution in [0.5, 0.6) is 5.75 Å². The van der Waals surface area contributed by atoms with Crippen LogP contribution in [0.1, 0.15) is 42.9 Å². The highest BCUT2D eigenvalue weighted by Gasteiger charge is 2.27. The van der Waals surface area contributed by atoms with E-state index in [9.17, 15) is 4.39 Å². The monoisotopic (exact) mass is 309 g/mol. The first-order valence-electron chi connectivity index (χ1n) is 6.72. The molecule has 1 heterocycles. The van der Waals surface area contributed by atoms with Gasteiger partial charge in [0.25, 0.3) is 0 Å². The Morgan fingerprint density at radius 2 is 2.05 bits per heavy atom. The van der Waals surface area contributed by atoms with Crippen molar-refractivity contribution < 1.29 is 9.13 Å². The average molecular weight is 309 g/mol. The number of hydrogen-bond donors (Lipinski definition) is 1. The number of aromatic nitrogens is 2. The van der Waals surface area contributed by atoms with Gasteiger partial charge in [0.05, 0.1) is 23.7 Å². The number of halogens is 1. The van der Waals surface area contributed by atoms with Crippen LogP contribution in [0, 0.1) is 5.82 Å². The molecule has 0 saturated heterocycles. The molecule has 0 aliphatic carbocycles. The minimum Gasteiger partial charge on any atom is -0.494 e. The number of methoxy groups -OCH3 is 1. The molecular formula is C15H20FN3OS. The van der Waals surface area contributed by atoms with E-state index in [-0.39, 0.29) is 23.0 Å². The standard InChI is InChI=1S/C15H20FN3OS/c1-15(2,3)14-13(21-19-18-14)12(17-4)9-6-7-11(20-5)10(16)8-9/h6-8,12,17H,1-5H3. The zero-order valence-corrected chi connectivity index (χ0v) is 13.7. The smallest absolute Gasteiger partial charge is 0.165 e. The average Bonchev–Trinajstić information content (AvgIpc) is 2.89. The third kappa shape index (κ3) is 3.22. The third-order valence-electron chi connectivity index (χ3n) is 3.28. The van der Waals surface area contributed by atoms with E-state index < -0.39 is 0 Å². The zero-order valence-electron chi connectivity index (χ0n) is 12.9. The molecule has 0 aliphatic rings. The molecule has 114 valence electrons. The van der Waals surface area contributed by atoms with Crippen LogP contribution < -0.4 is 10.1 Å². The summed E-state index contributed by atoms with van der Waals surface area (Å²) >= 11 is 1.34. The van der Waals surface area contributed by atoms with Crippen molar-refractivity contribution >= 4 is 11.5 Å². The maximum atomic E-state index is 13.9. The van der Waals surface area contributed by atoms with Crippen molar-refractivity contribution in [3.8, 4) is 5.75 Å².